The Bertz CT molecular complexity index is 338. The van der Waals surface area contributed by atoms with E-state index >= 15 is 0 Å². The molecule has 3 unspecified atom stereocenters. The predicted octanol–water partition coefficient (Wildman–Crippen LogP) is 3.11. The first-order chi connectivity index (χ1) is 7.18. The zero-order valence-corrected chi connectivity index (χ0v) is 10.2. The van der Waals surface area contributed by atoms with Gasteiger partial charge in [-0.15, -0.1) is 23.2 Å². The van der Waals surface area contributed by atoms with E-state index in [0.717, 1.165) is 13.0 Å². The molecule has 2 rings (SSSR count). The average molecular weight is 244 g/mol. The summed E-state index contributed by atoms with van der Waals surface area (Å²) in [6, 6.07) is 8.68. The molecule has 0 saturated heterocycles. The van der Waals surface area contributed by atoms with E-state index in [0.29, 0.717) is 0 Å². The predicted molar refractivity (Wildman–Crippen MR) is 65.8 cm³/mol. The van der Waals surface area contributed by atoms with Gasteiger partial charge in [-0.1, -0.05) is 24.3 Å². The summed E-state index contributed by atoms with van der Waals surface area (Å²) >= 11 is 12.2. The highest BCUT2D eigenvalue weighted by atomic mass is 35.5. The molecular weight excluding hydrogens is 229 g/mol. The van der Waals surface area contributed by atoms with Crippen molar-refractivity contribution in [2.45, 2.75) is 30.1 Å². The van der Waals surface area contributed by atoms with Crippen LogP contribution in [0.3, 0.4) is 0 Å². The van der Waals surface area contributed by atoms with Crippen LogP contribution in [-0.4, -0.2) is 17.3 Å². The minimum absolute atomic E-state index is 0.140. The maximum Gasteiger partial charge on any atom is 0.0571 e. The zero-order valence-electron chi connectivity index (χ0n) is 8.71. The van der Waals surface area contributed by atoms with Crippen molar-refractivity contribution in [3.8, 4) is 0 Å². The third-order valence-corrected chi connectivity index (χ3v) is 3.35. The molecule has 0 aromatic heterocycles. The van der Waals surface area contributed by atoms with Crippen LogP contribution in [0.2, 0.25) is 0 Å². The summed E-state index contributed by atoms with van der Waals surface area (Å²) in [6.07, 6.45) is 0.950. The Balaban J connectivity index is 2.11. The van der Waals surface area contributed by atoms with E-state index in [4.69, 9.17) is 23.2 Å². The maximum absolute atomic E-state index is 6.32. The van der Waals surface area contributed by atoms with Gasteiger partial charge in [0.15, 0.2) is 0 Å². The maximum atomic E-state index is 6.32. The van der Waals surface area contributed by atoms with E-state index in [2.05, 4.69) is 29.6 Å². The highest BCUT2D eigenvalue weighted by Gasteiger charge is 2.30. The van der Waals surface area contributed by atoms with Gasteiger partial charge >= 0.3 is 0 Å². The SMILES string of the molecule is CC(Cl)CNC1c2ccccc2CC1Cl. The summed E-state index contributed by atoms with van der Waals surface area (Å²) in [5, 5.41) is 3.71. The van der Waals surface area contributed by atoms with Crippen molar-refractivity contribution in [2.24, 2.45) is 0 Å². The van der Waals surface area contributed by atoms with E-state index in [1.54, 1.807) is 0 Å². The fourth-order valence-electron chi connectivity index (χ4n) is 2.07. The van der Waals surface area contributed by atoms with Gasteiger partial charge in [-0.25, -0.2) is 0 Å². The molecule has 82 valence electrons. The van der Waals surface area contributed by atoms with Crippen LogP contribution in [0.1, 0.15) is 24.1 Å². The monoisotopic (exact) mass is 243 g/mol. The molecule has 1 aliphatic carbocycles. The summed E-state index contributed by atoms with van der Waals surface area (Å²) in [6.45, 7) is 2.78. The lowest BCUT2D eigenvalue weighted by molar-refractivity contribution is 0.537. The molecule has 0 radical (unpaired) electrons. The van der Waals surface area contributed by atoms with Gasteiger partial charge in [-0.3, -0.25) is 0 Å². The standard InChI is InChI=1S/C12H15Cl2N/c1-8(13)7-15-12-10-5-3-2-4-9(10)6-11(12)14/h2-5,8,11-12,15H,6-7H2,1H3. The number of hydrogen-bond donors (Lipinski definition) is 1. The molecule has 0 spiro atoms. The molecule has 0 bridgehead atoms. The number of alkyl halides is 2. The smallest absolute Gasteiger partial charge is 0.0571 e. The fraction of sp³-hybridized carbons (Fsp3) is 0.500. The zero-order chi connectivity index (χ0) is 10.8. The van der Waals surface area contributed by atoms with Gasteiger partial charge in [0.25, 0.3) is 0 Å². The van der Waals surface area contributed by atoms with Gasteiger partial charge < -0.3 is 5.32 Å². The van der Waals surface area contributed by atoms with Crippen LogP contribution >= 0.6 is 23.2 Å². The summed E-state index contributed by atoms with van der Waals surface area (Å²) in [5.41, 5.74) is 2.69. The van der Waals surface area contributed by atoms with Gasteiger partial charge in [0.1, 0.15) is 0 Å². The lowest BCUT2D eigenvalue weighted by atomic mass is 10.1. The van der Waals surface area contributed by atoms with Gasteiger partial charge in [0.05, 0.1) is 5.38 Å². The quantitative estimate of drug-likeness (QED) is 0.805. The van der Waals surface area contributed by atoms with Crippen molar-refractivity contribution >= 4 is 23.2 Å². The first-order valence-corrected chi connectivity index (χ1v) is 6.15. The Morgan fingerprint density at radius 3 is 2.93 bits per heavy atom. The first kappa shape index (κ1) is 11.3. The largest absolute Gasteiger partial charge is 0.307 e. The van der Waals surface area contributed by atoms with Crippen LogP contribution in [-0.2, 0) is 6.42 Å². The van der Waals surface area contributed by atoms with Gasteiger partial charge in [0.2, 0.25) is 0 Å². The first-order valence-electron chi connectivity index (χ1n) is 5.28. The minimum atomic E-state index is 0.140. The Kier molecular flexibility index (Phi) is 3.55. The molecule has 1 aromatic rings. The van der Waals surface area contributed by atoms with Crippen LogP contribution in [0.15, 0.2) is 24.3 Å². The number of fused-ring (bicyclic) bond motifs is 1. The van der Waals surface area contributed by atoms with E-state index < -0.39 is 0 Å². The van der Waals surface area contributed by atoms with Crippen LogP contribution in [0, 0.1) is 0 Å². The summed E-state index contributed by atoms with van der Waals surface area (Å²) in [4.78, 5) is 0. The van der Waals surface area contributed by atoms with E-state index in [1.165, 1.54) is 11.1 Å². The Morgan fingerprint density at radius 2 is 2.20 bits per heavy atom. The number of hydrogen-bond acceptors (Lipinski definition) is 1. The summed E-state index contributed by atoms with van der Waals surface area (Å²) < 4.78 is 0. The molecule has 0 saturated carbocycles. The number of nitrogens with one attached hydrogen (secondary N) is 1. The molecule has 1 nitrogen and oxygen atoms in total. The minimum Gasteiger partial charge on any atom is -0.307 e. The molecule has 0 amide bonds. The van der Waals surface area contributed by atoms with E-state index in [-0.39, 0.29) is 16.8 Å². The van der Waals surface area contributed by atoms with Gasteiger partial charge in [-0.2, -0.15) is 0 Å². The summed E-state index contributed by atoms with van der Waals surface area (Å²) in [7, 11) is 0. The Labute approximate surface area is 101 Å². The van der Waals surface area contributed by atoms with Crippen LogP contribution < -0.4 is 5.32 Å². The molecule has 0 heterocycles. The molecule has 1 aromatic carbocycles. The topological polar surface area (TPSA) is 12.0 Å². The van der Waals surface area contributed by atoms with Crippen LogP contribution in [0.5, 0.6) is 0 Å². The normalized spacial score (nSPS) is 26.3. The molecule has 3 heteroatoms. The van der Waals surface area contributed by atoms with Crippen molar-refractivity contribution in [3.63, 3.8) is 0 Å². The van der Waals surface area contributed by atoms with E-state index in [1.807, 2.05) is 6.92 Å². The van der Waals surface area contributed by atoms with Crippen molar-refractivity contribution in [1.29, 1.82) is 0 Å². The Morgan fingerprint density at radius 1 is 1.47 bits per heavy atom. The molecule has 0 fully saturated rings. The molecule has 1 N–H and O–H groups in total. The lowest BCUT2D eigenvalue weighted by Gasteiger charge is -2.18. The molecule has 1 aliphatic rings. The molecule has 15 heavy (non-hydrogen) atoms. The molecule has 0 aliphatic heterocycles. The number of rotatable bonds is 3. The second-order valence-corrected chi connectivity index (χ2v) is 5.39. The van der Waals surface area contributed by atoms with Crippen molar-refractivity contribution in [3.05, 3.63) is 35.4 Å². The van der Waals surface area contributed by atoms with Crippen molar-refractivity contribution in [1.82, 2.24) is 5.32 Å². The van der Waals surface area contributed by atoms with Crippen LogP contribution in [0.4, 0.5) is 0 Å². The van der Waals surface area contributed by atoms with Crippen LogP contribution in [0.25, 0.3) is 0 Å². The number of halogens is 2. The second-order valence-electron chi connectivity index (χ2n) is 4.09. The highest BCUT2D eigenvalue weighted by molar-refractivity contribution is 6.21. The van der Waals surface area contributed by atoms with Crippen molar-refractivity contribution < 1.29 is 0 Å². The fourth-order valence-corrected chi connectivity index (χ4v) is 2.55. The molecular formula is C12H15Cl2N. The third-order valence-electron chi connectivity index (χ3n) is 2.79. The lowest BCUT2D eigenvalue weighted by Crippen LogP contribution is -2.30. The second kappa shape index (κ2) is 4.73. The Hall–Kier alpha value is -0.240. The van der Waals surface area contributed by atoms with E-state index in [9.17, 15) is 0 Å². The molecule has 3 atom stereocenters. The van der Waals surface area contributed by atoms with Gasteiger partial charge in [-0.05, 0) is 24.5 Å². The summed E-state index contributed by atoms with van der Waals surface area (Å²) in [5.74, 6) is 0. The average Bonchev–Trinajstić information content (AvgIpc) is 2.50. The third kappa shape index (κ3) is 2.47. The highest BCUT2D eigenvalue weighted by Crippen LogP contribution is 2.34. The number of benzene rings is 1. The van der Waals surface area contributed by atoms with Gasteiger partial charge in [0, 0.05) is 18.0 Å². The van der Waals surface area contributed by atoms with Crippen molar-refractivity contribution in [2.75, 3.05) is 6.54 Å².